The van der Waals surface area contributed by atoms with Gasteiger partial charge in [0.15, 0.2) is 11.0 Å². The van der Waals surface area contributed by atoms with Crippen LogP contribution in [0.3, 0.4) is 0 Å². The standard InChI is InChI=1S/C23H24BrCl2N5O2S/c1-13(2)10-19(28-22(33)15-6-4-5-7-17(15)25)21-29-30-23(31(21)3)34-12-20(32)27-14-8-9-16(24)18(26)11-14/h4-9,11,13,19H,10,12H2,1-3H3,(H,27,32)(H,28,33)/t19-/m1/s1. The minimum Gasteiger partial charge on any atom is -0.342 e. The molecule has 1 aromatic heterocycles. The van der Waals surface area contributed by atoms with E-state index in [2.05, 4.69) is 50.6 Å². The van der Waals surface area contributed by atoms with Crippen LogP contribution >= 0.6 is 50.9 Å². The number of anilines is 1. The van der Waals surface area contributed by atoms with Gasteiger partial charge < -0.3 is 15.2 Å². The van der Waals surface area contributed by atoms with E-state index in [1.807, 2.05) is 7.05 Å². The molecule has 3 rings (SSSR count). The van der Waals surface area contributed by atoms with Gasteiger partial charge in [0, 0.05) is 17.2 Å². The zero-order valence-electron chi connectivity index (χ0n) is 18.8. The quantitative estimate of drug-likeness (QED) is 0.295. The Kier molecular flexibility index (Phi) is 9.41. The number of carbonyl (C=O) groups excluding carboxylic acids is 2. The lowest BCUT2D eigenvalue weighted by atomic mass is 10.0. The number of benzene rings is 2. The highest BCUT2D eigenvalue weighted by atomic mass is 79.9. The number of hydrogen-bond donors (Lipinski definition) is 2. The minimum atomic E-state index is -0.366. The molecule has 0 aliphatic carbocycles. The number of hydrogen-bond acceptors (Lipinski definition) is 5. The minimum absolute atomic E-state index is 0.139. The molecule has 0 spiro atoms. The van der Waals surface area contributed by atoms with Crippen LogP contribution in [0.1, 0.15) is 42.5 Å². The summed E-state index contributed by atoms with van der Waals surface area (Å²) in [5, 5.41) is 15.9. The van der Waals surface area contributed by atoms with Gasteiger partial charge in [-0.05, 0) is 58.6 Å². The van der Waals surface area contributed by atoms with E-state index in [-0.39, 0.29) is 23.6 Å². The van der Waals surface area contributed by atoms with Gasteiger partial charge in [-0.25, -0.2) is 0 Å². The van der Waals surface area contributed by atoms with Crippen molar-refractivity contribution in [3.05, 3.63) is 68.4 Å². The van der Waals surface area contributed by atoms with Crippen molar-refractivity contribution in [1.82, 2.24) is 20.1 Å². The molecule has 3 aromatic rings. The summed E-state index contributed by atoms with van der Waals surface area (Å²) < 4.78 is 2.56. The zero-order valence-corrected chi connectivity index (χ0v) is 22.7. The maximum absolute atomic E-state index is 12.9. The fraction of sp³-hybridized carbons (Fsp3) is 0.304. The molecule has 1 atom stereocenters. The lowest BCUT2D eigenvalue weighted by Crippen LogP contribution is -2.31. The van der Waals surface area contributed by atoms with Gasteiger partial charge in [0.25, 0.3) is 5.91 Å². The second-order valence-electron chi connectivity index (χ2n) is 8.00. The molecule has 34 heavy (non-hydrogen) atoms. The average molecular weight is 585 g/mol. The summed E-state index contributed by atoms with van der Waals surface area (Å²) in [5.74, 6) is 0.574. The van der Waals surface area contributed by atoms with Gasteiger partial charge >= 0.3 is 0 Å². The molecule has 2 aromatic carbocycles. The first-order valence-electron chi connectivity index (χ1n) is 10.5. The molecule has 180 valence electrons. The second kappa shape index (κ2) is 12.1. The molecule has 1 heterocycles. The third-order valence-corrected chi connectivity index (χ3v) is 7.43. The first-order valence-corrected chi connectivity index (χ1v) is 13.0. The van der Waals surface area contributed by atoms with Crippen LogP contribution in [0.15, 0.2) is 52.1 Å². The third kappa shape index (κ3) is 6.97. The lowest BCUT2D eigenvalue weighted by Gasteiger charge is -2.20. The maximum Gasteiger partial charge on any atom is 0.253 e. The van der Waals surface area contributed by atoms with Crippen molar-refractivity contribution in [3.63, 3.8) is 0 Å². The zero-order chi connectivity index (χ0) is 24.8. The molecular formula is C23H24BrCl2N5O2S. The van der Waals surface area contributed by atoms with Crippen LogP contribution in [-0.2, 0) is 11.8 Å². The molecule has 0 unspecified atom stereocenters. The van der Waals surface area contributed by atoms with Gasteiger partial charge in [0.2, 0.25) is 5.91 Å². The number of carbonyl (C=O) groups is 2. The molecule has 0 bridgehead atoms. The summed E-state index contributed by atoms with van der Waals surface area (Å²) in [6.45, 7) is 4.14. The van der Waals surface area contributed by atoms with Gasteiger partial charge in [-0.1, -0.05) is 60.9 Å². The van der Waals surface area contributed by atoms with Gasteiger partial charge in [-0.2, -0.15) is 0 Å². The van der Waals surface area contributed by atoms with Crippen molar-refractivity contribution in [2.75, 3.05) is 11.1 Å². The average Bonchev–Trinajstić information content (AvgIpc) is 3.14. The fourth-order valence-corrected chi connectivity index (χ4v) is 4.60. The molecule has 0 aliphatic rings. The first-order chi connectivity index (χ1) is 16.2. The van der Waals surface area contributed by atoms with E-state index < -0.39 is 0 Å². The van der Waals surface area contributed by atoms with Gasteiger partial charge in [-0.15, -0.1) is 10.2 Å². The molecule has 0 aliphatic heterocycles. The molecule has 0 saturated heterocycles. The van der Waals surface area contributed by atoms with Crippen LogP contribution in [0.5, 0.6) is 0 Å². The first kappa shape index (κ1) is 26.5. The highest BCUT2D eigenvalue weighted by Crippen LogP contribution is 2.27. The molecule has 0 fully saturated rings. The van der Waals surface area contributed by atoms with E-state index in [4.69, 9.17) is 23.2 Å². The Hall–Kier alpha value is -2.07. The summed E-state index contributed by atoms with van der Waals surface area (Å²) >= 11 is 16.9. The Bertz CT molecular complexity index is 1190. The van der Waals surface area contributed by atoms with Gasteiger partial charge in [-0.3, -0.25) is 9.59 Å². The normalized spacial score (nSPS) is 12.0. The summed E-state index contributed by atoms with van der Waals surface area (Å²) in [6, 6.07) is 11.7. The Morgan fingerprint density at radius 3 is 2.53 bits per heavy atom. The van der Waals surface area contributed by atoms with Crippen molar-refractivity contribution in [1.29, 1.82) is 0 Å². The molecule has 2 amide bonds. The van der Waals surface area contributed by atoms with E-state index >= 15 is 0 Å². The van der Waals surface area contributed by atoms with E-state index in [1.54, 1.807) is 47.0 Å². The van der Waals surface area contributed by atoms with Crippen LogP contribution in [-0.4, -0.2) is 32.3 Å². The number of rotatable bonds is 9. The van der Waals surface area contributed by atoms with E-state index in [1.165, 1.54) is 11.8 Å². The molecule has 0 radical (unpaired) electrons. The molecular weight excluding hydrogens is 561 g/mol. The Labute approximate surface area is 221 Å². The summed E-state index contributed by atoms with van der Waals surface area (Å²) in [6.07, 6.45) is 0.664. The number of amides is 2. The Morgan fingerprint density at radius 2 is 1.85 bits per heavy atom. The monoisotopic (exact) mass is 583 g/mol. The molecule has 0 saturated carbocycles. The third-order valence-electron chi connectivity index (χ3n) is 4.85. The smallest absolute Gasteiger partial charge is 0.253 e. The van der Waals surface area contributed by atoms with Crippen LogP contribution in [0.25, 0.3) is 0 Å². The van der Waals surface area contributed by atoms with Crippen LogP contribution < -0.4 is 10.6 Å². The molecule has 7 nitrogen and oxygen atoms in total. The summed E-state index contributed by atoms with van der Waals surface area (Å²) in [4.78, 5) is 25.3. The Morgan fingerprint density at radius 1 is 1.12 bits per heavy atom. The van der Waals surface area contributed by atoms with Crippen LogP contribution in [0.4, 0.5) is 5.69 Å². The lowest BCUT2D eigenvalue weighted by molar-refractivity contribution is -0.113. The van der Waals surface area contributed by atoms with Crippen molar-refractivity contribution in [2.45, 2.75) is 31.5 Å². The van der Waals surface area contributed by atoms with Crippen molar-refractivity contribution < 1.29 is 9.59 Å². The molecule has 11 heteroatoms. The number of thioether (sulfide) groups is 1. The number of nitrogens with one attached hydrogen (secondary N) is 2. The van der Waals surface area contributed by atoms with E-state index in [0.29, 0.717) is 44.6 Å². The molecule has 2 N–H and O–H groups in total. The van der Waals surface area contributed by atoms with Crippen molar-refractivity contribution in [3.8, 4) is 0 Å². The van der Waals surface area contributed by atoms with Crippen molar-refractivity contribution in [2.24, 2.45) is 13.0 Å². The number of halogens is 3. The topological polar surface area (TPSA) is 88.9 Å². The van der Waals surface area contributed by atoms with Crippen molar-refractivity contribution >= 4 is 68.4 Å². The predicted molar refractivity (Wildman–Crippen MR) is 141 cm³/mol. The predicted octanol–water partition coefficient (Wildman–Crippen LogP) is 6.13. The highest BCUT2D eigenvalue weighted by Gasteiger charge is 2.24. The number of nitrogens with zero attached hydrogens (tertiary/aromatic N) is 3. The van der Waals surface area contributed by atoms with Gasteiger partial charge in [0.1, 0.15) is 0 Å². The SMILES string of the molecule is CC(C)C[C@@H](NC(=O)c1ccccc1Cl)c1nnc(SCC(=O)Nc2ccc(Br)c(Cl)c2)n1C. The van der Waals surface area contributed by atoms with E-state index in [9.17, 15) is 9.59 Å². The van der Waals surface area contributed by atoms with Crippen LogP contribution in [0.2, 0.25) is 10.0 Å². The van der Waals surface area contributed by atoms with E-state index in [0.717, 1.165) is 4.47 Å². The maximum atomic E-state index is 12.9. The number of aromatic nitrogens is 3. The highest BCUT2D eigenvalue weighted by molar-refractivity contribution is 9.10. The second-order valence-corrected chi connectivity index (χ2v) is 10.6. The summed E-state index contributed by atoms with van der Waals surface area (Å²) in [7, 11) is 1.82. The Balaban J connectivity index is 1.68. The fourth-order valence-electron chi connectivity index (χ4n) is 3.24. The van der Waals surface area contributed by atoms with Gasteiger partial charge in [0.05, 0.1) is 27.4 Å². The summed E-state index contributed by atoms with van der Waals surface area (Å²) in [5.41, 5.74) is 1.01. The largest absolute Gasteiger partial charge is 0.342 e. The van der Waals surface area contributed by atoms with Crippen LogP contribution in [0, 0.1) is 5.92 Å².